The molecule has 0 heterocycles. The number of ether oxygens (including phenoxy) is 2. The zero-order chi connectivity index (χ0) is 33.3. The Hall–Kier alpha value is -1.73. The highest BCUT2D eigenvalue weighted by Crippen LogP contribution is 2.35. The first-order valence-electron chi connectivity index (χ1n) is 17.8. The van der Waals surface area contributed by atoms with E-state index in [2.05, 4.69) is 54.8 Å². The number of esters is 2. The first-order valence-corrected chi connectivity index (χ1v) is 19.3. The first kappa shape index (κ1) is 43.3. The van der Waals surface area contributed by atoms with Crippen LogP contribution in [0.3, 0.4) is 0 Å². The fourth-order valence-electron chi connectivity index (χ4n) is 4.68. The van der Waals surface area contributed by atoms with Crippen LogP contribution in [0.4, 0.5) is 0 Å². The zero-order valence-electron chi connectivity index (χ0n) is 28.5. The number of phosphoric ester groups is 1. The molecule has 0 fully saturated rings. The third kappa shape index (κ3) is 35.0. The van der Waals surface area contributed by atoms with Crippen LogP contribution in [0.15, 0.2) is 36.5 Å². The summed E-state index contributed by atoms with van der Waals surface area (Å²) >= 11 is 0. The van der Waals surface area contributed by atoms with Crippen molar-refractivity contribution in [3.05, 3.63) is 36.5 Å². The predicted octanol–water partition coefficient (Wildman–Crippen LogP) is 10.2. The Bertz CT molecular complexity index is 833. The third-order valence-electron chi connectivity index (χ3n) is 7.38. The maximum absolute atomic E-state index is 12.3. The molecule has 0 radical (unpaired) electrons. The summed E-state index contributed by atoms with van der Waals surface area (Å²) < 4.78 is 26.2. The normalized spacial score (nSPS) is 12.9. The lowest BCUT2D eigenvalue weighted by molar-refractivity contribution is -0.161. The topological polar surface area (TPSA) is 119 Å². The Kier molecular flexibility index (Phi) is 31.0. The lowest BCUT2D eigenvalue weighted by Crippen LogP contribution is -2.29. The highest BCUT2D eigenvalue weighted by molar-refractivity contribution is 7.46. The van der Waals surface area contributed by atoms with Crippen molar-refractivity contribution in [2.24, 2.45) is 0 Å². The summed E-state index contributed by atoms with van der Waals surface area (Å²) in [7, 11) is -4.75. The van der Waals surface area contributed by atoms with Gasteiger partial charge in [0.1, 0.15) is 6.61 Å². The van der Waals surface area contributed by atoms with E-state index in [0.29, 0.717) is 12.8 Å². The predicted molar refractivity (Wildman–Crippen MR) is 184 cm³/mol. The van der Waals surface area contributed by atoms with E-state index in [1.807, 2.05) is 0 Å². The van der Waals surface area contributed by atoms with Gasteiger partial charge in [-0.15, -0.1) is 0 Å². The minimum absolute atomic E-state index is 0.194. The second-order valence-corrected chi connectivity index (χ2v) is 13.1. The average molecular weight is 657 g/mol. The number of phosphoric acid groups is 1. The molecule has 1 atom stereocenters. The molecule has 0 saturated carbocycles. The quantitative estimate of drug-likeness (QED) is 0.0318. The Morgan fingerprint density at radius 3 is 1.56 bits per heavy atom. The summed E-state index contributed by atoms with van der Waals surface area (Å²) in [6.45, 7) is 3.59. The number of rotatable bonds is 32. The lowest BCUT2D eigenvalue weighted by Gasteiger charge is -2.18. The van der Waals surface area contributed by atoms with Gasteiger partial charge in [0.2, 0.25) is 0 Å². The molecule has 262 valence electrons. The molecule has 0 aliphatic heterocycles. The van der Waals surface area contributed by atoms with E-state index in [1.54, 1.807) is 0 Å². The summed E-state index contributed by atoms with van der Waals surface area (Å²) in [6, 6.07) is 0. The maximum atomic E-state index is 12.3. The van der Waals surface area contributed by atoms with E-state index in [-0.39, 0.29) is 19.4 Å². The van der Waals surface area contributed by atoms with E-state index in [0.717, 1.165) is 77.0 Å². The van der Waals surface area contributed by atoms with Gasteiger partial charge in [-0.2, -0.15) is 0 Å². The van der Waals surface area contributed by atoms with Crippen molar-refractivity contribution < 1.29 is 37.9 Å². The molecule has 0 amide bonds. The lowest BCUT2D eigenvalue weighted by atomic mass is 10.1. The highest BCUT2D eigenvalue weighted by atomic mass is 31.2. The van der Waals surface area contributed by atoms with E-state index in [4.69, 9.17) is 19.3 Å². The number of allylic oxidation sites excluding steroid dienone is 6. The van der Waals surface area contributed by atoms with Gasteiger partial charge >= 0.3 is 19.8 Å². The standard InChI is InChI=1S/C36H65O8P/c1-3-5-7-9-11-13-15-17-19-21-23-25-27-29-31-36(38)44-34(33-43-45(39,40)41)32-42-35(37)30-28-26-24-22-20-18-16-14-12-10-8-6-4-2/h9,11,14-17,34H,3-8,10,12-13,18-33H2,1-2H3,(H2,39,40,41)/b11-9+,16-14+,17-15+/t34-/m1/s1. The molecule has 0 bridgehead atoms. The second kappa shape index (κ2) is 32.2. The van der Waals surface area contributed by atoms with E-state index in [9.17, 15) is 14.2 Å². The van der Waals surface area contributed by atoms with Gasteiger partial charge in [0.15, 0.2) is 6.10 Å². The SMILES string of the molecule is CCCC/C=C/C/C=C/CCCCCCCC(=O)O[C@H](COC(=O)CCCCCCC/C=C/CCCCCC)COP(=O)(O)O. The number of unbranched alkanes of at least 4 members (excludes halogenated alkanes) is 16. The van der Waals surface area contributed by atoms with Gasteiger partial charge in [0.05, 0.1) is 6.61 Å². The molecular formula is C36H65O8P. The van der Waals surface area contributed by atoms with Crippen LogP contribution < -0.4 is 0 Å². The molecule has 0 aromatic carbocycles. The third-order valence-corrected chi connectivity index (χ3v) is 7.87. The van der Waals surface area contributed by atoms with Crippen molar-refractivity contribution in [1.82, 2.24) is 0 Å². The smallest absolute Gasteiger partial charge is 0.462 e. The van der Waals surface area contributed by atoms with Crippen molar-refractivity contribution in [3.63, 3.8) is 0 Å². The molecule has 0 aromatic rings. The molecule has 0 aliphatic carbocycles. The van der Waals surface area contributed by atoms with Gasteiger partial charge in [0.25, 0.3) is 0 Å². The first-order chi connectivity index (χ1) is 21.8. The molecule has 2 N–H and O–H groups in total. The van der Waals surface area contributed by atoms with Crippen molar-refractivity contribution in [3.8, 4) is 0 Å². The molecule has 0 rings (SSSR count). The summed E-state index contributed by atoms with van der Waals surface area (Å²) in [4.78, 5) is 42.6. The van der Waals surface area contributed by atoms with Crippen molar-refractivity contribution >= 4 is 19.8 Å². The van der Waals surface area contributed by atoms with Crippen LogP contribution in [0.2, 0.25) is 0 Å². The zero-order valence-corrected chi connectivity index (χ0v) is 29.4. The monoisotopic (exact) mass is 656 g/mol. The fourth-order valence-corrected chi connectivity index (χ4v) is 5.04. The van der Waals surface area contributed by atoms with Crippen LogP contribution in [0, 0.1) is 0 Å². The van der Waals surface area contributed by atoms with Gasteiger partial charge in [-0.25, -0.2) is 4.57 Å². The Labute approximate surface area is 274 Å². The van der Waals surface area contributed by atoms with Gasteiger partial charge in [0, 0.05) is 12.8 Å². The van der Waals surface area contributed by atoms with Crippen LogP contribution in [0.25, 0.3) is 0 Å². The molecule has 8 nitrogen and oxygen atoms in total. The van der Waals surface area contributed by atoms with Gasteiger partial charge < -0.3 is 19.3 Å². The van der Waals surface area contributed by atoms with Crippen LogP contribution in [-0.4, -0.2) is 41.0 Å². The Balaban J connectivity index is 4.04. The molecular weight excluding hydrogens is 591 g/mol. The van der Waals surface area contributed by atoms with Crippen LogP contribution in [-0.2, 0) is 28.2 Å². The largest absolute Gasteiger partial charge is 0.469 e. The summed E-state index contributed by atoms with van der Waals surface area (Å²) in [5, 5.41) is 0. The fraction of sp³-hybridized carbons (Fsp3) is 0.778. The van der Waals surface area contributed by atoms with E-state index in [1.165, 1.54) is 44.9 Å². The van der Waals surface area contributed by atoms with Gasteiger partial charge in [-0.05, 0) is 64.2 Å². The summed E-state index contributed by atoms with van der Waals surface area (Å²) in [5.74, 6) is -0.914. The van der Waals surface area contributed by atoms with Crippen molar-refractivity contribution in [1.29, 1.82) is 0 Å². The van der Waals surface area contributed by atoms with Gasteiger partial charge in [-0.3, -0.25) is 14.1 Å². The van der Waals surface area contributed by atoms with Crippen molar-refractivity contribution in [2.75, 3.05) is 13.2 Å². The average Bonchev–Trinajstić information content (AvgIpc) is 3.00. The molecule has 0 unspecified atom stereocenters. The minimum atomic E-state index is -4.75. The molecule has 0 saturated heterocycles. The number of hydrogen-bond donors (Lipinski definition) is 2. The summed E-state index contributed by atoms with van der Waals surface area (Å²) in [6.07, 6.45) is 35.7. The number of carbonyl (C=O) groups excluding carboxylic acids is 2. The number of hydrogen-bond acceptors (Lipinski definition) is 6. The van der Waals surface area contributed by atoms with E-state index >= 15 is 0 Å². The Morgan fingerprint density at radius 1 is 0.578 bits per heavy atom. The number of carbonyl (C=O) groups is 2. The second-order valence-electron chi connectivity index (χ2n) is 11.8. The van der Waals surface area contributed by atoms with E-state index < -0.39 is 32.5 Å². The van der Waals surface area contributed by atoms with Crippen LogP contribution in [0.5, 0.6) is 0 Å². The highest BCUT2D eigenvalue weighted by Gasteiger charge is 2.22. The molecule has 0 spiro atoms. The van der Waals surface area contributed by atoms with Crippen LogP contribution >= 0.6 is 7.82 Å². The molecule has 0 aliphatic rings. The molecule has 0 aromatic heterocycles. The van der Waals surface area contributed by atoms with Crippen LogP contribution in [0.1, 0.15) is 162 Å². The molecule has 9 heteroatoms. The Morgan fingerprint density at radius 2 is 1.02 bits per heavy atom. The minimum Gasteiger partial charge on any atom is -0.462 e. The summed E-state index contributed by atoms with van der Waals surface area (Å²) in [5.41, 5.74) is 0. The molecule has 45 heavy (non-hydrogen) atoms. The van der Waals surface area contributed by atoms with Gasteiger partial charge in [-0.1, -0.05) is 121 Å². The van der Waals surface area contributed by atoms with Crippen molar-refractivity contribution in [2.45, 2.75) is 168 Å². The maximum Gasteiger partial charge on any atom is 0.469 e.